The molecule has 1 aromatic rings. The van der Waals surface area contributed by atoms with E-state index in [9.17, 15) is 9.59 Å². The Morgan fingerprint density at radius 1 is 1.38 bits per heavy atom. The van der Waals surface area contributed by atoms with Crippen molar-refractivity contribution in [2.45, 2.75) is 38.3 Å². The predicted molar refractivity (Wildman–Crippen MR) is 80.8 cm³/mol. The van der Waals surface area contributed by atoms with Crippen LogP contribution in [0.4, 0.5) is 0 Å². The van der Waals surface area contributed by atoms with Crippen molar-refractivity contribution >= 4 is 5.91 Å². The number of carbonyl (C=O) groups excluding carboxylic acids is 1. The van der Waals surface area contributed by atoms with E-state index in [0.717, 1.165) is 50.9 Å². The van der Waals surface area contributed by atoms with Gasteiger partial charge in [-0.3, -0.25) is 14.5 Å². The molecule has 2 aliphatic rings. The Balaban J connectivity index is 1.58. The molecule has 2 fully saturated rings. The van der Waals surface area contributed by atoms with Gasteiger partial charge >= 0.3 is 0 Å². The Morgan fingerprint density at radius 2 is 2.19 bits per heavy atom. The molecule has 1 amide bonds. The molecular formula is C16H23N3O2. The molecule has 0 aromatic carbocycles. The summed E-state index contributed by atoms with van der Waals surface area (Å²) in [7, 11) is 1.76. The van der Waals surface area contributed by atoms with Crippen LogP contribution in [0.5, 0.6) is 0 Å². The number of hydrogen-bond acceptors (Lipinski definition) is 3. The summed E-state index contributed by atoms with van der Waals surface area (Å²) in [5.74, 6) is 0.317. The molecule has 0 bridgehead atoms. The van der Waals surface area contributed by atoms with Crippen molar-refractivity contribution in [2.75, 3.05) is 13.1 Å². The van der Waals surface area contributed by atoms with E-state index >= 15 is 0 Å². The van der Waals surface area contributed by atoms with Crippen LogP contribution in [0.1, 0.15) is 31.2 Å². The number of carbonyl (C=O) groups is 1. The van der Waals surface area contributed by atoms with Gasteiger partial charge in [-0.2, -0.15) is 0 Å². The number of aromatic nitrogens is 1. The summed E-state index contributed by atoms with van der Waals surface area (Å²) in [5.41, 5.74) is 1.05. The van der Waals surface area contributed by atoms with E-state index in [0.29, 0.717) is 6.04 Å². The third kappa shape index (κ3) is 3.73. The van der Waals surface area contributed by atoms with Gasteiger partial charge in [0, 0.05) is 38.4 Å². The average Bonchev–Trinajstić information content (AvgIpc) is 3.27. The highest BCUT2D eigenvalue weighted by Crippen LogP contribution is 2.22. The van der Waals surface area contributed by atoms with E-state index in [4.69, 9.17) is 0 Å². The van der Waals surface area contributed by atoms with E-state index in [-0.39, 0.29) is 17.4 Å². The standard InChI is InChI=1S/C16H23N3O2/c1-18-8-6-12(9-15(18)20)10-19-7-2-3-13(11-19)16(21)17-14-4-5-14/h6,8-9,13-14H,2-5,7,10-11H2,1H3,(H,17,21). The van der Waals surface area contributed by atoms with Crippen LogP contribution in [0.3, 0.4) is 0 Å². The molecule has 114 valence electrons. The van der Waals surface area contributed by atoms with Gasteiger partial charge in [0.05, 0.1) is 5.92 Å². The van der Waals surface area contributed by atoms with Gasteiger partial charge in [0.15, 0.2) is 0 Å². The molecule has 1 aliphatic heterocycles. The van der Waals surface area contributed by atoms with Crippen LogP contribution in [0.2, 0.25) is 0 Å². The van der Waals surface area contributed by atoms with Crippen molar-refractivity contribution in [1.29, 1.82) is 0 Å². The molecule has 1 unspecified atom stereocenters. The molecule has 1 atom stereocenters. The van der Waals surface area contributed by atoms with Crippen molar-refractivity contribution in [2.24, 2.45) is 13.0 Å². The van der Waals surface area contributed by atoms with Crippen molar-refractivity contribution in [1.82, 2.24) is 14.8 Å². The van der Waals surface area contributed by atoms with Crippen molar-refractivity contribution in [3.8, 4) is 0 Å². The molecule has 1 N–H and O–H groups in total. The van der Waals surface area contributed by atoms with Gasteiger partial charge in [-0.05, 0) is 43.9 Å². The number of pyridine rings is 1. The quantitative estimate of drug-likeness (QED) is 0.895. The number of hydrogen-bond donors (Lipinski definition) is 1. The Bertz CT molecular complexity index is 577. The monoisotopic (exact) mass is 289 g/mol. The maximum Gasteiger partial charge on any atom is 0.250 e. The van der Waals surface area contributed by atoms with Gasteiger partial charge in [0.2, 0.25) is 5.91 Å². The molecular weight excluding hydrogens is 266 g/mol. The second-order valence-corrected chi connectivity index (χ2v) is 6.34. The largest absolute Gasteiger partial charge is 0.353 e. The molecule has 5 nitrogen and oxygen atoms in total. The number of nitrogens with zero attached hydrogens (tertiary/aromatic N) is 2. The molecule has 1 aliphatic carbocycles. The van der Waals surface area contributed by atoms with E-state index in [1.165, 1.54) is 0 Å². The normalized spacial score (nSPS) is 23.0. The Labute approximate surface area is 124 Å². The molecule has 1 saturated heterocycles. The fourth-order valence-corrected chi connectivity index (χ4v) is 2.91. The summed E-state index contributed by atoms with van der Waals surface area (Å²) in [6, 6.07) is 4.11. The summed E-state index contributed by atoms with van der Waals surface area (Å²) in [5, 5.41) is 3.11. The van der Waals surface area contributed by atoms with Gasteiger partial charge in [-0.1, -0.05) is 0 Å². The van der Waals surface area contributed by atoms with Crippen LogP contribution in [0.25, 0.3) is 0 Å². The third-order valence-electron chi connectivity index (χ3n) is 4.37. The van der Waals surface area contributed by atoms with Gasteiger partial charge in [0.1, 0.15) is 0 Å². The van der Waals surface area contributed by atoms with Crippen molar-refractivity contribution in [3.63, 3.8) is 0 Å². The van der Waals surface area contributed by atoms with Crippen molar-refractivity contribution in [3.05, 3.63) is 34.2 Å². The average molecular weight is 289 g/mol. The zero-order chi connectivity index (χ0) is 14.8. The van der Waals surface area contributed by atoms with Gasteiger partial charge < -0.3 is 9.88 Å². The molecule has 3 rings (SSSR count). The molecule has 21 heavy (non-hydrogen) atoms. The highest BCUT2D eigenvalue weighted by molar-refractivity contribution is 5.79. The summed E-state index contributed by atoms with van der Waals surface area (Å²) >= 11 is 0. The Kier molecular flexibility index (Phi) is 4.10. The van der Waals surface area contributed by atoms with Crippen LogP contribution >= 0.6 is 0 Å². The molecule has 1 saturated carbocycles. The van der Waals surface area contributed by atoms with Gasteiger partial charge in [-0.15, -0.1) is 0 Å². The van der Waals surface area contributed by atoms with Crippen LogP contribution in [0, 0.1) is 5.92 Å². The third-order valence-corrected chi connectivity index (χ3v) is 4.37. The topological polar surface area (TPSA) is 54.3 Å². The lowest BCUT2D eigenvalue weighted by Gasteiger charge is -2.32. The van der Waals surface area contributed by atoms with Crippen LogP contribution in [-0.2, 0) is 18.4 Å². The SMILES string of the molecule is Cn1ccc(CN2CCCC(C(=O)NC3CC3)C2)cc1=O. The smallest absolute Gasteiger partial charge is 0.250 e. The molecule has 0 spiro atoms. The molecule has 0 radical (unpaired) electrons. The van der Waals surface area contributed by atoms with E-state index < -0.39 is 0 Å². The zero-order valence-electron chi connectivity index (χ0n) is 12.5. The lowest BCUT2D eigenvalue weighted by atomic mass is 9.96. The minimum absolute atomic E-state index is 0.0209. The lowest BCUT2D eigenvalue weighted by Crippen LogP contribution is -2.43. The number of likely N-dealkylation sites (tertiary alicyclic amines) is 1. The molecule has 2 heterocycles. The fourth-order valence-electron chi connectivity index (χ4n) is 2.91. The summed E-state index contributed by atoms with van der Waals surface area (Å²) in [6.07, 6.45) is 6.10. The highest BCUT2D eigenvalue weighted by Gasteiger charge is 2.30. The number of amides is 1. The van der Waals surface area contributed by atoms with Gasteiger partial charge in [0.25, 0.3) is 5.56 Å². The first kappa shape index (κ1) is 14.3. The minimum Gasteiger partial charge on any atom is -0.353 e. The van der Waals surface area contributed by atoms with Crippen LogP contribution < -0.4 is 10.9 Å². The summed E-state index contributed by atoms with van der Waals surface area (Å²) in [6.45, 7) is 2.56. The first-order valence-electron chi connectivity index (χ1n) is 7.80. The number of aryl methyl sites for hydroxylation is 1. The second kappa shape index (κ2) is 6.02. The lowest BCUT2D eigenvalue weighted by molar-refractivity contribution is -0.126. The number of rotatable bonds is 4. The van der Waals surface area contributed by atoms with E-state index in [1.54, 1.807) is 23.9 Å². The highest BCUT2D eigenvalue weighted by atomic mass is 16.2. The summed E-state index contributed by atoms with van der Waals surface area (Å²) < 4.78 is 1.57. The Morgan fingerprint density at radius 3 is 2.90 bits per heavy atom. The zero-order valence-corrected chi connectivity index (χ0v) is 12.5. The van der Waals surface area contributed by atoms with Crippen molar-refractivity contribution < 1.29 is 4.79 Å². The van der Waals surface area contributed by atoms with E-state index in [2.05, 4.69) is 10.2 Å². The molecule has 1 aromatic heterocycles. The van der Waals surface area contributed by atoms with Gasteiger partial charge in [-0.25, -0.2) is 0 Å². The first-order valence-corrected chi connectivity index (χ1v) is 7.80. The van der Waals surface area contributed by atoms with Crippen LogP contribution in [0.15, 0.2) is 23.1 Å². The number of nitrogens with one attached hydrogen (secondary N) is 1. The second-order valence-electron chi connectivity index (χ2n) is 6.34. The Hall–Kier alpha value is -1.62. The summed E-state index contributed by atoms with van der Waals surface area (Å²) in [4.78, 5) is 26.1. The van der Waals surface area contributed by atoms with E-state index in [1.807, 2.05) is 6.07 Å². The van der Waals surface area contributed by atoms with Crippen LogP contribution in [-0.4, -0.2) is 34.5 Å². The fraction of sp³-hybridized carbons (Fsp3) is 0.625. The number of piperidine rings is 1. The minimum atomic E-state index is 0.0209. The predicted octanol–water partition coefficient (Wildman–Crippen LogP) is 0.876. The molecule has 5 heteroatoms. The first-order chi connectivity index (χ1) is 10.1. The maximum absolute atomic E-state index is 12.2. The maximum atomic E-state index is 12.2.